The minimum Gasteiger partial charge on any atom is -0.306 e. The van der Waals surface area contributed by atoms with E-state index in [1.165, 1.54) is 17.5 Å². The highest BCUT2D eigenvalue weighted by Crippen LogP contribution is 2.19. The lowest BCUT2D eigenvalue weighted by Gasteiger charge is -2.28. The number of aromatic amines is 1. The molecule has 0 fully saturated rings. The predicted molar refractivity (Wildman–Crippen MR) is 92.7 cm³/mol. The molecule has 1 aliphatic rings. The van der Waals surface area contributed by atoms with Gasteiger partial charge in [0.25, 0.3) is 5.56 Å². The third kappa shape index (κ3) is 3.18. The molecule has 0 radical (unpaired) electrons. The van der Waals surface area contributed by atoms with Gasteiger partial charge in [-0.25, -0.2) is 15.0 Å². The van der Waals surface area contributed by atoms with Crippen molar-refractivity contribution in [3.8, 4) is 11.4 Å². The van der Waals surface area contributed by atoms with Crippen molar-refractivity contribution in [2.75, 3.05) is 6.54 Å². The number of fused-ring (bicyclic) bond motifs is 1. The Balaban J connectivity index is 1.60. The molecule has 0 aromatic carbocycles. The molecule has 4 rings (SSSR count). The van der Waals surface area contributed by atoms with Gasteiger partial charge in [-0.2, -0.15) is 0 Å². The Morgan fingerprint density at radius 2 is 2.04 bits per heavy atom. The number of rotatable bonds is 3. The van der Waals surface area contributed by atoms with E-state index in [9.17, 15) is 4.79 Å². The van der Waals surface area contributed by atoms with Crippen LogP contribution in [0.2, 0.25) is 0 Å². The van der Waals surface area contributed by atoms with Crippen molar-refractivity contribution in [1.82, 2.24) is 29.8 Å². The van der Waals surface area contributed by atoms with Crippen molar-refractivity contribution in [3.63, 3.8) is 0 Å². The van der Waals surface area contributed by atoms with Gasteiger partial charge in [0.2, 0.25) is 0 Å². The van der Waals surface area contributed by atoms with Crippen LogP contribution in [0.1, 0.15) is 22.4 Å². The van der Waals surface area contributed by atoms with Crippen LogP contribution in [-0.4, -0.2) is 36.4 Å². The minimum atomic E-state index is -0.0866. The lowest BCUT2D eigenvalue weighted by atomic mass is 10.0. The lowest BCUT2D eigenvalue weighted by Crippen LogP contribution is -2.35. The number of aryl methyl sites for hydroxylation is 1. The van der Waals surface area contributed by atoms with E-state index in [4.69, 9.17) is 0 Å². The summed E-state index contributed by atoms with van der Waals surface area (Å²) in [5.41, 5.74) is 4.64. The van der Waals surface area contributed by atoms with Crippen molar-refractivity contribution in [3.05, 3.63) is 69.9 Å². The lowest BCUT2D eigenvalue weighted by molar-refractivity contribution is 0.241. The van der Waals surface area contributed by atoms with Gasteiger partial charge in [0.05, 0.1) is 16.8 Å². The first kappa shape index (κ1) is 15.6. The van der Waals surface area contributed by atoms with Gasteiger partial charge in [-0.3, -0.25) is 14.7 Å². The standard InChI is InChI=1S/C18H18N6O/c1-12-2-4-19-8-14(12)9-24-5-3-16-15(10-24)18(25)23-17(22-16)13-6-20-11-21-7-13/h2,4,6-8,11H,3,5,9-10H2,1H3,(H,22,23,25). The molecule has 0 atom stereocenters. The fraction of sp³-hybridized carbons (Fsp3) is 0.278. The molecule has 1 N–H and O–H groups in total. The van der Waals surface area contributed by atoms with E-state index < -0.39 is 0 Å². The predicted octanol–water partition coefficient (Wildman–Crippen LogP) is 1.49. The number of H-pyrrole nitrogens is 1. The Kier molecular flexibility index (Phi) is 4.07. The summed E-state index contributed by atoms with van der Waals surface area (Å²) in [5.74, 6) is 0.529. The number of hydrogen-bond acceptors (Lipinski definition) is 6. The van der Waals surface area contributed by atoms with Crippen LogP contribution in [0.3, 0.4) is 0 Å². The maximum atomic E-state index is 12.5. The normalized spacial score (nSPS) is 14.3. The van der Waals surface area contributed by atoms with Crippen molar-refractivity contribution >= 4 is 0 Å². The molecule has 3 aromatic heterocycles. The highest BCUT2D eigenvalue weighted by atomic mass is 16.1. The van der Waals surface area contributed by atoms with Gasteiger partial charge in [0.15, 0.2) is 0 Å². The molecule has 0 amide bonds. The Hall–Kier alpha value is -2.93. The summed E-state index contributed by atoms with van der Waals surface area (Å²) in [6.07, 6.45) is 9.20. The SMILES string of the molecule is Cc1ccncc1CN1CCc2nc(-c3cncnc3)[nH]c(=O)c2C1. The number of nitrogens with one attached hydrogen (secondary N) is 1. The molecule has 126 valence electrons. The van der Waals surface area contributed by atoms with Crippen LogP contribution in [0.4, 0.5) is 0 Å². The Labute approximate surface area is 144 Å². The van der Waals surface area contributed by atoms with E-state index in [1.807, 2.05) is 12.3 Å². The van der Waals surface area contributed by atoms with Crippen LogP contribution < -0.4 is 5.56 Å². The average molecular weight is 334 g/mol. The van der Waals surface area contributed by atoms with Gasteiger partial charge in [-0.05, 0) is 24.1 Å². The van der Waals surface area contributed by atoms with Gasteiger partial charge in [0.1, 0.15) is 12.2 Å². The molecule has 0 saturated carbocycles. The highest BCUT2D eigenvalue weighted by molar-refractivity contribution is 5.52. The summed E-state index contributed by atoms with van der Waals surface area (Å²) in [7, 11) is 0. The van der Waals surface area contributed by atoms with Crippen LogP contribution >= 0.6 is 0 Å². The molecule has 3 aromatic rings. The number of aromatic nitrogens is 5. The van der Waals surface area contributed by atoms with Gasteiger partial charge in [-0.15, -0.1) is 0 Å². The summed E-state index contributed by atoms with van der Waals surface area (Å²) in [6, 6.07) is 2.01. The van der Waals surface area contributed by atoms with Crippen LogP contribution in [0.25, 0.3) is 11.4 Å². The molecule has 0 bridgehead atoms. The van der Waals surface area contributed by atoms with E-state index in [-0.39, 0.29) is 5.56 Å². The summed E-state index contributed by atoms with van der Waals surface area (Å²) >= 11 is 0. The summed E-state index contributed by atoms with van der Waals surface area (Å²) in [4.78, 5) is 34.5. The third-order valence-corrected chi connectivity index (χ3v) is 4.52. The van der Waals surface area contributed by atoms with Gasteiger partial charge in [-0.1, -0.05) is 0 Å². The zero-order valence-electron chi connectivity index (χ0n) is 13.9. The Morgan fingerprint density at radius 3 is 2.84 bits per heavy atom. The number of nitrogens with zero attached hydrogens (tertiary/aromatic N) is 5. The number of pyridine rings is 1. The van der Waals surface area contributed by atoms with Gasteiger partial charge in [0, 0.05) is 50.8 Å². The first-order valence-corrected chi connectivity index (χ1v) is 8.20. The van der Waals surface area contributed by atoms with E-state index >= 15 is 0 Å². The molecule has 7 heteroatoms. The van der Waals surface area contributed by atoms with Gasteiger partial charge < -0.3 is 4.98 Å². The van der Waals surface area contributed by atoms with Crippen molar-refractivity contribution < 1.29 is 0 Å². The second-order valence-corrected chi connectivity index (χ2v) is 6.23. The fourth-order valence-corrected chi connectivity index (χ4v) is 3.08. The van der Waals surface area contributed by atoms with E-state index in [2.05, 4.69) is 36.7 Å². The quantitative estimate of drug-likeness (QED) is 0.781. The molecular weight excluding hydrogens is 316 g/mol. The topological polar surface area (TPSA) is 87.7 Å². The minimum absolute atomic E-state index is 0.0866. The third-order valence-electron chi connectivity index (χ3n) is 4.52. The summed E-state index contributed by atoms with van der Waals surface area (Å²) in [6.45, 7) is 4.32. The highest BCUT2D eigenvalue weighted by Gasteiger charge is 2.22. The second kappa shape index (κ2) is 6.52. The monoisotopic (exact) mass is 334 g/mol. The van der Waals surface area contributed by atoms with Crippen LogP contribution in [-0.2, 0) is 19.5 Å². The van der Waals surface area contributed by atoms with E-state index in [0.717, 1.165) is 36.3 Å². The summed E-state index contributed by atoms with van der Waals surface area (Å²) in [5, 5.41) is 0. The zero-order chi connectivity index (χ0) is 17.2. The molecule has 0 aliphatic carbocycles. The largest absolute Gasteiger partial charge is 0.306 e. The molecule has 1 aliphatic heterocycles. The molecule has 25 heavy (non-hydrogen) atoms. The van der Waals surface area contributed by atoms with Crippen LogP contribution in [0.5, 0.6) is 0 Å². The van der Waals surface area contributed by atoms with Crippen molar-refractivity contribution in [1.29, 1.82) is 0 Å². The number of hydrogen-bond donors (Lipinski definition) is 1. The maximum Gasteiger partial charge on any atom is 0.255 e. The summed E-state index contributed by atoms with van der Waals surface area (Å²) < 4.78 is 0. The first-order valence-electron chi connectivity index (χ1n) is 8.20. The molecule has 4 heterocycles. The first-order chi connectivity index (χ1) is 12.2. The fourth-order valence-electron chi connectivity index (χ4n) is 3.08. The van der Waals surface area contributed by atoms with Gasteiger partial charge >= 0.3 is 0 Å². The smallest absolute Gasteiger partial charge is 0.255 e. The zero-order valence-corrected chi connectivity index (χ0v) is 13.9. The van der Waals surface area contributed by atoms with Crippen molar-refractivity contribution in [2.45, 2.75) is 26.4 Å². The average Bonchev–Trinajstić information content (AvgIpc) is 2.65. The molecule has 7 nitrogen and oxygen atoms in total. The molecule has 0 spiro atoms. The second-order valence-electron chi connectivity index (χ2n) is 6.23. The van der Waals surface area contributed by atoms with E-state index in [1.54, 1.807) is 18.6 Å². The Bertz CT molecular complexity index is 953. The van der Waals surface area contributed by atoms with Crippen molar-refractivity contribution in [2.24, 2.45) is 0 Å². The van der Waals surface area contributed by atoms with Crippen LogP contribution in [0.15, 0.2) is 42.0 Å². The van der Waals surface area contributed by atoms with Crippen LogP contribution in [0, 0.1) is 6.92 Å². The van der Waals surface area contributed by atoms with E-state index in [0.29, 0.717) is 12.4 Å². The Morgan fingerprint density at radius 1 is 1.20 bits per heavy atom. The molecular formula is C18H18N6O. The maximum absolute atomic E-state index is 12.5. The molecule has 0 unspecified atom stereocenters. The molecule has 0 saturated heterocycles.